The topological polar surface area (TPSA) is 26.0 Å². The van der Waals surface area contributed by atoms with Gasteiger partial charge in [0.25, 0.3) is 0 Å². The van der Waals surface area contributed by atoms with Crippen molar-refractivity contribution in [1.82, 2.24) is 0 Å². The molecular weight excluding hydrogens is 246 g/mol. The van der Waals surface area contributed by atoms with Gasteiger partial charge in [-0.15, -0.1) is 22.7 Å². The predicted molar refractivity (Wildman–Crippen MR) is 76.9 cm³/mol. The van der Waals surface area contributed by atoms with E-state index in [1.807, 2.05) is 0 Å². The van der Waals surface area contributed by atoms with Gasteiger partial charge in [-0.3, -0.25) is 0 Å². The molecule has 2 N–H and O–H groups in total. The highest BCUT2D eigenvalue weighted by molar-refractivity contribution is 7.17. The van der Waals surface area contributed by atoms with Crippen LogP contribution in [0.3, 0.4) is 0 Å². The Bertz CT molecular complexity index is 651. The molecule has 2 heterocycles. The molecule has 0 saturated carbocycles. The van der Waals surface area contributed by atoms with E-state index >= 15 is 0 Å². The highest BCUT2D eigenvalue weighted by Crippen LogP contribution is 2.34. The van der Waals surface area contributed by atoms with Gasteiger partial charge in [0.2, 0.25) is 0 Å². The molecule has 0 radical (unpaired) electrons. The summed E-state index contributed by atoms with van der Waals surface area (Å²) >= 11 is 3.53. The van der Waals surface area contributed by atoms with Gasteiger partial charge in [-0.2, -0.15) is 0 Å². The molecule has 86 valence electrons. The average molecular weight is 259 g/mol. The minimum absolute atomic E-state index is 0.00241. The lowest BCUT2D eigenvalue weighted by atomic mass is 10.00. The quantitative estimate of drug-likeness (QED) is 0.728. The van der Waals surface area contributed by atoms with Crippen molar-refractivity contribution in [2.24, 2.45) is 5.73 Å². The van der Waals surface area contributed by atoms with Gasteiger partial charge in [0.1, 0.15) is 0 Å². The second-order valence-corrected chi connectivity index (χ2v) is 6.13. The number of hydrogen-bond donors (Lipinski definition) is 1. The summed E-state index contributed by atoms with van der Waals surface area (Å²) in [5, 5.41) is 5.58. The minimum atomic E-state index is -0.00241. The molecule has 0 spiro atoms. The van der Waals surface area contributed by atoms with Crippen LogP contribution < -0.4 is 5.73 Å². The normalized spacial score (nSPS) is 13.1. The zero-order valence-electron chi connectivity index (χ0n) is 9.51. The Labute approximate surface area is 109 Å². The molecule has 0 saturated heterocycles. The summed E-state index contributed by atoms with van der Waals surface area (Å²) in [6, 6.07) is 10.6. The SMILES string of the molecule is Cc1sccc1C(N)c1csc2ccccc12. The Hall–Kier alpha value is -1.16. The lowest BCUT2D eigenvalue weighted by Gasteiger charge is -2.10. The molecule has 3 aromatic rings. The van der Waals surface area contributed by atoms with Gasteiger partial charge in [0, 0.05) is 9.58 Å². The van der Waals surface area contributed by atoms with Gasteiger partial charge in [-0.1, -0.05) is 18.2 Å². The number of nitrogens with two attached hydrogens (primary N) is 1. The Morgan fingerprint density at radius 1 is 1.06 bits per heavy atom. The Kier molecular flexibility index (Phi) is 2.74. The first-order valence-corrected chi connectivity index (χ1v) is 7.29. The van der Waals surface area contributed by atoms with E-state index in [0.29, 0.717) is 0 Å². The first kappa shape index (κ1) is 11.0. The predicted octanol–water partition coefficient (Wildman–Crippen LogP) is 4.32. The fourth-order valence-electron chi connectivity index (χ4n) is 2.12. The van der Waals surface area contributed by atoms with Crippen LogP contribution in [-0.2, 0) is 0 Å². The van der Waals surface area contributed by atoms with Gasteiger partial charge in [0.05, 0.1) is 6.04 Å². The van der Waals surface area contributed by atoms with Crippen LogP contribution in [0.2, 0.25) is 0 Å². The van der Waals surface area contributed by atoms with Crippen LogP contribution in [0.1, 0.15) is 22.0 Å². The summed E-state index contributed by atoms with van der Waals surface area (Å²) in [6.45, 7) is 2.13. The van der Waals surface area contributed by atoms with E-state index < -0.39 is 0 Å². The van der Waals surface area contributed by atoms with Crippen molar-refractivity contribution in [3.8, 4) is 0 Å². The van der Waals surface area contributed by atoms with Gasteiger partial charge in [-0.25, -0.2) is 0 Å². The van der Waals surface area contributed by atoms with Crippen LogP contribution >= 0.6 is 22.7 Å². The van der Waals surface area contributed by atoms with E-state index in [9.17, 15) is 0 Å². The van der Waals surface area contributed by atoms with E-state index in [-0.39, 0.29) is 6.04 Å². The Balaban J connectivity index is 2.13. The van der Waals surface area contributed by atoms with Crippen LogP contribution in [0, 0.1) is 6.92 Å². The number of thiophene rings is 2. The molecular formula is C14H13NS2. The summed E-state index contributed by atoms with van der Waals surface area (Å²) in [5.74, 6) is 0. The number of rotatable bonds is 2. The van der Waals surface area contributed by atoms with Crippen LogP contribution in [0.5, 0.6) is 0 Å². The molecule has 3 rings (SSSR count). The molecule has 0 aliphatic rings. The molecule has 2 aromatic heterocycles. The van der Waals surface area contributed by atoms with E-state index in [1.54, 1.807) is 22.7 Å². The minimum Gasteiger partial charge on any atom is -0.320 e. The smallest absolute Gasteiger partial charge is 0.0576 e. The third-order valence-electron chi connectivity index (χ3n) is 3.08. The first-order valence-electron chi connectivity index (χ1n) is 5.53. The fourth-order valence-corrected chi connectivity index (χ4v) is 3.87. The summed E-state index contributed by atoms with van der Waals surface area (Å²) in [4.78, 5) is 1.31. The van der Waals surface area contributed by atoms with E-state index in [0.717, 1.165) is 0 Å². The summed E-state index contributed by atoms with van der Waals surface area (Å²) in [5.41, 5.74) is 8.88. The number of benzene rings is 1. The van der Waals surface area contributed by atoms with Crippen LogP contribution in [0.15, 0.2) is 41.1 Å². The molecule has 0 fully saturated rings. The third kappa shape index (κ3) is 1.80. The molecule has 1 atom stereocenters. The molecule has 0 aliphatic carbocycles. The van der Waals surface area contributed by atoms with E-state index in [2.05, 4.69) is 48.0 Å². The van der Waals surface area contributed by atoms with Crippen molar-refractivity contribution in [2.75, 3.05) is 0 Å². The lowest BCUT2D eigenvalue weighted by molar-refractivity contribution is 0.882. The third-order valence-corrected chi connectivity index (χ3v) is 4.92. The maximum Gasteiger partial charge on any atom is 0.0576 e. The largest absolute Gasteiger partial charge is 0.320 e. The summed E-state index contributed by atoms with van der Waals surface area (Å²) in [7, 11) is 0. The van der Waals surface area contributed by atoms with Crippen LogP contribution in [0.25, 0.3) is 10.1 Å². The zero-order valence-corrected chi connectivity index (χ0v) is 11.1. The van der Waals surface area contributed by atoms with Gasteiger partial charge >= 0.3 is 0 Å². The monoisotopic (exact) mass is 259 g/mol. The van der Waals surface area contributed by atoms with Crippen molar-refractivity contribution >= 4 is 32.8 Å². The molecule has 0 amide bonds. The molecule has 1 unspecified atom stereocenters. The number of aryl methyl sites for hydroxylation is 1. The number of hydrogen-bond acceptors (Lipinski definition) is 3. The first-order chi connectivity index (χ1) is 8.27. The van der Waals surface area contributed by atoms with Crippen LogP contribution in [-0.4, -0.2) is 0 Å². The second kappa shape index (κ2) is 4.26. The highest BCUT2D eigenvalue weighted by Gasteiger charge is 2.15. The fraction of sp³-hybridized carbons (Fsp3) is 0.143. The Morgan fingerprint density at radius 2 is 1.88 bits per heavy atom. The van der Waals surface area contributed by atoms with Crippen molar-refractivity contribution in [3.63, 3.8) is 0 Å². The molecule has 3 heteroatoms. The van der Waals surface area contributed by atoms with E-state index in [1.165, 1.54) is 26.1 Å². The average Bonchev–Trinajstić information content (AvgIpc) is 2.94. The molecule has 1 nitrogen and oxygen atoms in total. The number of fused-ring (bicyclic) bond motifs is 1. The zero-order chi connectivity index (χ0) is 11.8. The van der Waals surface area contributed by atoms with E-state index in [4.69, 9.17) is 5.73 Å². The maximum absolute atomic E-state index is 6.39. The second-order valence-electron chi connectivity index (χ2n) is 4.10. The maximum atomic E-state index is 6.39. The van der Waals surface area contributed by atoms with Crippen molar-refractivity contribution < 1.29 is 0 Å². The van der Waals surface area contributed by atoms with Crippen LogP contribution in [0.4, 0.5) is 0 Å². The van der Waals surface area contributed by atoms with Crippen molar-refractivity contribution in [3.05, 3.63) is 57.1 Å². The molecule has 0 bridgehead atoms. The highest BCUT2D eigenvalue weighted by atomic mass is 32.1. The van der Waals surface area contributed by atoms with Crippen molar-refractivity contribution in [2.45, 2.75) is 13.0 Å². The van der Waals surface area contributed by atoms with Gasteiger partial charge in [-0.05, 0) is 46.3 Å². The Morgan fingerprint density at radius 3 is 2.65 bits per heavy atom. The van der Waals surface area contributed by atoms with Gasteiger partial charge < -0.3 is 5.73 Å². The standard InChI is InChI=1S/C14H13NS2/c1-9-10(6-7-16-9)14(15)12-8-17-13-5-3-2-4-11(12)13/h2-8,14H,15H2,1H3. The molecule has 0 aliphatic heterocycles. The van der Waals surface area contributed by atoms with Gasteiger partial charge in [0.15, 0.2) is 0 Å². The molecule has 17 heavy (non-hydrogen) atoms. The van der Waals surface area contributed by atoms with Crippen molar-refractivity contribution in [1.29, 1.82) is 0 Å². The molecule has 1 aromatic carbocycles. The summed E-state index contributed by atoms with van der Waals surface area (Å²) in [6.07, 6.45) is 0. The summed E-state index contributed by atoms with van der Waals surface area (Å²) < 4.78 is 1.31. The lowest BCUT2D eigenvalue weighted by Crippen LogP contribution is -2.11.